The number of carboxylic acid groups (broad SMARTS) is 1. The Kier molecular flexibility index (Phi) is 61.1. The zero-order valence-corrected chi connectivity index (χ0v) is 95.6. The molecular weight excluding hydrogens is 1980 g/mol. The first-order valence-corrected chi connectivity index (χ1v) is 50.4. The first kappa shape index (κ1) is 151. The second-order valence-corrected chi connectivity index (χ2v) is 46.6. The minimum Gasteiger partial charge on any atom is -0.481 e. The van der Waals surface area contributed by atoms with Crippen molar-refractivity contribution in [3.05, 3.63) is 70.8 Å². The third kappa shape index (κ3) is 52.1. The van der Waals surface area contributed by atoms with E-state index in [0.29, 0.717) is 62.4 Å². The van der Waals surface area contributed by atoms with Gasteiger partial charge in [-0.3, -0.25) is 33.6 Å². The van der Waals surface area contributed by atoms with Crippen molar-refractivity contribution in [2.24, 2.45) is 61.6 Å². The quantitative estimate of drug-likeness (QED) is 0.0288. The van der Waals surface area contributed by atoms with Crippen LogP contribution in [0.5, 0.6) is 0 Å². The fraction of sp³-hybridized carbons (Fsp3) is 0.826. The molecule has 0 aromatic heterocycles. The number of alkyl halides is 21. The van der Waals surface area contributed by atoms with Gasteiger partial charge in [-0.15, -0.1) is 0 Å². The molecular formula is C109H183F21O17. The molecule has 868 valence electrons. The normalized spacial score (nSPS) is 17.0. The average Bonchev–Trinajstić information content (AvgIpc) is 0.730. The minimum atomic E-state index is -6.28. The summed E-state index contributed by atoms with van der Waals surface area (Å²) in [5, 5.41) is 37.6. The first-order valence-electron chi connectivity index (χ1n) is 50.4. The molecule has 17 nitrogen and oxygen atoms in total. The highest BCUT2D eigenvalue weighted by Gasteiger charge is 2.75. The number of hydrogen-bond donors (Lipinski definition) is 4. The zero-order chi connectivity index (χ0) is 119. The predicted octanol–water partition coefficient (Wildman–Crippen LogP) is 32.4. The molecule has 1 aliphatic rings. The van der Waals surface area contributed by atoms with E-state index in [-0.39, 0.29) is 41.5 Å². The monoisotopic (exact) mass is 2160 g/mol. The Bertz CT molecular complexity index is 3960. The van der Waals surface area contributed by atoms with Gasteiger partial charge in [0.25, 0.3) is 5.60 Å². The maximum absolute atomic E-state index is 13.3. The molecule has 2 aromatic carbocycles. The summed E-state index contributed by atoms with van der Waals surface area (Å²) in [5.41, 5.74) is -10.5. The maximum atomic E-state index is 13.3. The summed E-state index contributed by atoms with van der Waals surface area (Å²) in [7, 11) is 0. The van der Waals surface area contributed by atoms with Crippen molar-refractivity contribution in [1.29, 1.82) is 0 Å². The summed E-state index contributed by atoms with van der Waals surface area (Å²) in [6, 6.07) is 18.2. The van der Waals surface area contributed by atoms with Gasteiger partial charge in [-0.1, -0.05) is 227 Å². The Hall–Kier alpha value is -6.86. The number of unbranched alkanes of at least 4 members (excludes halogenated alkanes) is 1. The summed E-state index contributed by atoms with van der Waals surface area (Å²) in [5.74, 6) is -9.63. The van der Waals surface area contributed by atoms with E-state index < -0.39 is 196 Å². The molecule has 0 heterocycles. The van der Waals surface area contributed by atoms with Crippen molar-refractivity contribution < 1.29 is 175 Å². The van der Waals surface area contributed by atoms with Crippen LogP contribution < -0.4 is 0 Å². The molecule has 38 heteroatoms. The predicted molar refractivity (Wildman–Crippen MR) is 533 cm³/mol. The van der Waals surface area contributed by atoms with Crippen LogP contribution in [-0.2, 0) is 83.6 Å². The summed E-state index contributed by atoms with van der Waals surface area (Å²) < 4.78 is 295. The van der Waals surface area contributed by atoms with Crippen molar-refractivity contribution in [1.82, 2.24) is 0 Å². The molecule has 10 atom stereocenters. The summed E-state index contributed by atoms with van der Waals surface area (Å²) in [4.78, 5) is 79.9. The number of aliphatic carboxylic acids is 1. The smallest absolute Gasteiger partial charge is 0.426 e. The molecule has 0 radical (unpaired) electrons. The van der Waals surface area contributed by atoms with E-state index in [2.05, 4.69) is 160 Å². The zero-order valence-electron chi connectivity index (χ0n) is 95.6. The lowest BCUT2D eigenvalue weighted by atomic mass is 9.66. The SMILES string of the molecule is CCC(C)(C)C(=O)O.CCC(C)(C)C(=O)OC(C)C(F)(F)F.CCC(C)(C)C(=O)OC(C)C(F)(F)F.CCC(C)(C)C(=O)OC(C)C(F)(F)F.CCC(C)(C)C(=O)OC(CC(C)(O)C(F)(F)F)C(C)C.CCC(C)(C)C(=O)OC1CC(C(C)(O)C(F)(F)F)CC(C(O)(C(F)(F)F)C(F)(F)F)C1.CCC(C)(C)c1ccc(C(C)(C)C)cc1.CCC(C)(C)c1ccc(C(C)(C)C)cc1.CCCCC(CC)COC(=O)C(C)(C)CC. The lowest BCUT2D eigenvalue weighted by Crippen LogP contribution is -2.64. The third-order valence-corrected chi connectivity index (χ3v) is 28.1. The highest BCUT2D eigenvalue weighted by atomic mass is 19.4. The Morgan fingerprint density at radius 1 is 0.333 bits per heavy atom. The lowest BCUT2D eigenvalue weighted by molar-refractivity contribution is -0.391. The molecule has 3 rings (SSSR count). The van der Waals surface area contributed by atoms with Crippen molar-refractivity contribution in [2.45, 2.75) is 512 Å². The summed E-state index contributed by atoms with van der Waals surface area (Å²) in [6.07, 6.45) is -38.6. The minimum absolute atomic E-state index is 0.0510. The van der Waals surface area contributed by atoms with Gasteiger partial charge in [-0.2, -0.15) is 92.2 Å². The molecule has 1 fully saturated rings. The van der Waals surface area contributed by atoms with Crippen molar-refractivity contribution in [3.63, 3.8) is 0 Å². The van der Waals surface area contributed by atoms with Crippen LogP contribution in [0.4, 0.5) is 92.2 Å². The van der Waals surface area contributed by atoms with Gasteiger partial charge in [-0.25, -0.2) is 0 Å². The van der Waals surface area contributed by atoms with Crippen LogP contribution in [0.1, 0.15) is 422 Å². The molecule has 2 aromatic rings. The van der Waals surface area contributed by atoms with Gasteiger partial charge in [0, 0.05) is 18.3 Å². The van der Waals surface area contributed by atoms with Gasteiger partial charge in [0.2, 0.25) is 0 Å². The fourth-order valence-electron chi connectivity index (χ4n) is 11.3. The molecule has 0 aliphatic heterocycles. The van der Waals surface area contributed by atoms with Crippen molar-refractivity contribution >= 4 is 41.8 Å². The van der Waals surface area contributed by atoms with Crippen LogP contribution in [-0.4, -0.2) is 159 Å². The van der Waals surface area contributed by atoms with E-state index in [0.717, 1.165) is 33.6 Å². The number of ether oxygens (including phenoxy) is 6. The number of halogens is 21. The highest BCUT2D eigenvalue weighted by molar-refractivity contribution is 5.78. The van der Waals surface area contributed by atoms with E-state index >= 15 is 0 Å². The number of esters is 6. The van der Waals surface area contributed by atoms with Crippen molar-refractivity contribution in [2.75, 3.05) is 6.61 Å². The largest absolute Gasteiger partial charge is 0.481 e. The molecule has 1 saturated carbocycles. The van der Waals surface area contributed by atoms with Crippen LogP contribution in [0.2, 0.25) is 0 Å². The Morgan fingerprint density at radius 3 is 0.816 bits per heavy atom. The van der Waals surface area contributed by atoms with Crippen LogP contribution in [0.3, 0.4) is 0 Å². The maximum Gasteiger partial charge on any atom is 0.426 e. The topological polar surface area (TPSA) is 256 Å². The van der Waals surface area contributed by atoms with Gasteiger partial charge in [0.1, 0.15) is 12.2 Å². The molecule has 0 saturated heterocycles. The number of rotatable bonds is 34. The van der Waals surface area contributed by atoms with Crippen LogP contribution >= 0.6 is 0 Å². The van der Waals surface area contributed by atoms with Gasteiger partial charge in [0.15, 0.2) is 29.5 Å². The molecule has 0 bridgehead atoms. The first-order chi connectivity index (χ1) is 65.1. The number of carboxylic acids is 1. The molecule has 4 N–H and O–H groups in total. The number of carbonyl (C=O) groups is 7. The number of carbonyl (C=O) groups excluding carboxylic acids is 6. The molecule has 10 unspecified atom stereocenters. The number of aliphatic hydroxyl groups is 3. The molecule has 1 aliphatic carbocycles. The van der Waals surface area contributed by atoms with Gasteiger partial charge in [0.05, 0.1) is 44.5 Å². The van der Waals surface area contributed by atoms with Gasteiger partial charge in [-0.05, 0) is 271 Å². The van der Waals surface area contributed by atoms with E-state index in [1.807, 2.05) is 27.7 Å². The van der Waals surface area contributed by atoms with E-state index in [1.165, 1.54) is 68.2 Å². The van der Waals surface area contributed by atoms with Crippen LogP contribution in [0.15, 0.2) is 48.5 Å². The highest BCUT2D eigenvalue weighted by Crippen LogP contribution is 2.56. The third-order valence-electron chi connectivity index (χ3n) is 28.1. The Labute approximate surface area is 863 Å². The summed E-state index contributed by atoms with van der Waals surface area (Å²) in [6.45, 7) is 74.1. The van der Waals surface area contributed by atoms with E-state index in [4.69, 9.17) is 19.3 Å². The second kappa shape index (κ2) is 59.6. The van der Waals surface area contributed by atoms with E-state index in [9.17, 15) is 141 Å². The Morgan fingerprint density at radius 2 is 0.599 bits per heavy atom. The number of benzene rings is 2. The lowest BCUT2D eigenvalue weighted by Gasteiger charge is -2.47. The fourth-order valence-corrected chi connectivity index (χ4v) is 11.3. The van der Waals surface area contributed by atoms with Crippen LogP contribution in [0.25, 0.3) is 0 Å². The summed E-state index contributed by atoms with van der Waals surface area (Å²) >= 11 is 0. The molecule has 147 heavy (non-hydrogen) atoms. The average molecular weight is 2160 g/mol. The van der Waals surface area contributed by atoms with Gasteiger partial charge < -0.3 is 48.8 Å². The second-order valence-electron chi connectivity index (χ2n) is 46.6. The molecule has 0 amide bonds. The van der Waals surface area contributed by atoms with E-state index in [1.54, 1.807) is 118 Å². The van der Waals surface area contributed by atoms with Crippen molar-refractivity contribution in [3.8, 4) is 0 Å². The number of hydrogen-bond acceptors (Lipinski definition) is 16. The standard InChI is InChI=1S/C18H25F9O4.2C15H24.C14H25F3O3.C14H28O2.3C9H15F3O2.C6H12O2/c1-5-13(2,3)12(28)31-11-7-9(14(4,29)16(19,20)21)6-10(8-11)15(30,17(22,23)24)18(25,26)27;2*1-7-15(5,6)13-10-8-12(9-11-13)14(2,3)4;1-7-12(4,5)11(18)20-10(9(2)3)8-13(6,19)14(15,16)17;1-6-9-10-12(7-2)11-16-13(15)14(4,5)8-3;3*1-5-8(3,4)7(13)14-6(2)9(10,11)12;1-4-6(2,3)5(7)8/h9-11,29-30H,5-8H2,1-4H3;2*8-11H,7H2,1-6H3;9-10,19H,7-8H2,1-6H3;12H,6-11H2,1-5H3;3*6H,5H2,1-4H3;4H2,1-3H3,(H,7,8). The van der Waals surface area contributed by atoms with Gasteiger partial charge >= 0.3 is 85.0 Å². The van der Waals surface area contributed by atoms with Crippen LogP contribution in [0, 0.1) is 61.6 Å². The Balaban J connectivity index is -0.000000389. The molecule has 0 spiro atoms.